The Balaban J connectivity index is -0.000000192. The first kappa shape index (κ1) is 62.2. The van der Waals surface area contributed by atoms with Crippen LogP contribution in [-0.2, 0) is 47.8 Å². The molecular weight excluding hydrogens is 809 g/mol. The summed E-state index contributed by atoms with van der Waals surface area (Å²) < 4.78 is 60.2. The average Bonchev–Trinajstić information content (AvgIpc) is 3.04. The van der Waals surface area contributed by atoms with Crippen molar-refractivity contribution in [3.8, 4) is 0 Å². The van der Waals surface area contributed by atoms with Gasteiger partial charge in [0.1, 0.15) is 0 Å². The molecule has 0 radical (unpaired) electrons. The summed E-state index contributed by atoms with van der Waals surface area (Å²) in [7, 11) is -7.72. The molecule has 0 spiro atoms. The third-order valence-electron chi connectivity index (χ3n) is 5.78. The monoisotopic (exact) mass is 892 g/mol. The van der Waals surface area contributed by atoms with Gasteiger partial charge in [0, 0.05) is 55.4 Å². The lowest BCUT2D eigenvalue weighted by atomic mass is 10.9. The fourth-order valence-electron chi connectivity index (χ4n) is 3.12. The fraction of sp³-hybridized carbons (Fsp3) is 0.706. The normalized spacial score (nSPS) is 12.5. The summed E-state index contributed by atoms with van der Waals surface area (Å²) in [4.78, 5) is 0. The van der Waals surface area contributed by atoms with E-state index < -0.39 is 68.0 Å². The summed E-state index contributed by atoms with van der Waals surface area (Å²) in [5.41, 5.74) is 8.89. The summed E-state index contributed by atoms with van der Waals surface area (Å²) in [6.07, 6.45) is 0. The first-order chi connectivity index (χ1) is 23.9. The topological polar surface area (TPSA) is 102 Å². The van der Waals surface area contributed by atoms with Crippen LogP contribution in [0.15, 0.2) is 61.4 Å². The maximum absolute atomic E-state index is 6.31. The third kappa shape index (κ3) is 36.1. The minimum absolute atomic E-state index is 0.595. The van der Waals surface area contributed by atoms with Crippen LogP contribution in [0, 0.1) is 0 Å². The fourth-order valence-corrected chi connectivity index (χ4v) is 19.3. The van der Waals surface area contributed by atoms with Crippen LogP contribution in [0.4, 0.5) is 0 Å². The Labute approximate surface area is 336 Å². The van der Waals surface area contributed by atoms with Crippen molar-refractivity contribution in [3.05, 3.63) is 61.4 Å². The Kier molecular flexibility index (Phi) is 35.4. The van der Waals surface area contributed by atoms with Gasteiger partial charge >= 0.3 is 35.0 Å². The molecule has 19 heteroatoms. The molecule has 0 aromatic carbocycles. The van der Waals surface area contributed by atoms with E-state index in [9.17, 15) is 0 Å². The van der Waals surface area contributed by atoms with Crippen molar-refractivity contribution in [3.63, 3.8) is 0 Å². The molecular formula is C34H84O11Si8. The molecule has 0 aliphatic rings. The quantitative estimate of drug-likeness (QED) is 0.0972. The van der Waals surface area contributed by atoms with Crippen LogP contribution in [0.2, 0.25) is 85.1 Å². The van der Waals surface area contributed by atoms with Gasteiger partial charge in [-0.1, -0.05) is 32.8 Å². The molecule has 0 unspecified atom stereocenters. The van der Waals surface area contributed by atoms with Gasteiger partial charge in [-0.2, -0.15) is 0 Å². The number of rotatable bonds is 22. The molecule has 0 rings (SSSR count). The van der Waals surface area contributed by atoms with Gasteiger partial charge in [-0.25, -0.2) is 0 Å². The van der Waals surface area contributed by atoms with Gasteiger partial charge in [-0.3, -0.25) is 0 Å². The van der Waals surface area contributed by atoms with E-state index in [0.717, 1.165) is 0 Å². The Hall–Kier alpha value is -0.00494. The van der Waals surface area contributed by atoms with Crippen LogP contribution >= 0.6 is 0 Å². The molecule has 0 amide bonds. The standard InChI is InChI=1S/C11H30O3Si4.C8H18O3Si.C5H12O3Si.C5H12O2Si.C5H12Si/c1-11-18(12-15(2,3)4,13-16(5,6)7)14-17(8,9)10;1-5-9-12(8-4,10-6-2)11-7-3;1-5-9(6-2,7-3)8-4;1-5-8(4,6-2)7-3;1-5-6(2,3)4/h11H,1H2,2-10H3;8H,4-7H2,1-3H3;5H,1H2,2-4H3;5H,1H2,2-4H3;5H,1H2,2-4H3. The average molecular weight is 894 g/mol. The Morgan fingerprint density at radius 3 is 0.679 bits per heavy atom. The highest BCUT2D eigenvalue weighted by atomic mass is 28.5. The van der Waals surface area contributed by atoms with Crippen molar-refractivity contribution >= 4 is 68.0 Å². The molecule has 11 nitrogen and oxygen atoms in total. The first-order valence-corrected chi connectivity index (χ1v) is 39.5. The largest absolute Gasteiger partial charge is 0.528 e. The van der Waals surface area contributed by atoms with Gasteiger partial charge < -0.3 is 47.8 Å². The summed E-state index contributed by atoms with van der Waals surface area (Å²) >= 11 is 0. The van der Waals surface area contributed by atoms with Crippen LogP contribution in [0.3, 0.4) is 0 Å². The van der Waals surface area contributed by atoms with E-state index >= 15 is 0 Å². The summed E-state index contributed by atoms with van der Waals surface area (Å²) in [6.45, 7) is 54.2. The highest BCUT2D eigenvalue weighted by Crippen LogP contribution is 2.26. The number of hydrogen-bond donors (Lipinski definition) is 0. The van der Waals surface area contributed by atoms with Crippen molar-refractivity contribution in [2.75, 3.05) is 55.4 Å². The van der Waals surface area contributed by atoms with Crippen LogP contribution in [0.5, 0.6) is 0 Å². The van der Waals surface area contributed by atoms with E-state index in [4.69, 9.17) is 47.8 Å². The van der Waals surface area contributed by atoms with Gasteiger partial charge in [0.25, 0.3) is 0 Å². The van der Waals surface area contributed by atoms with Crippen LogP contribution in [-0.4, -0.2) is 123 Å². The molecule has 318 valence electrons. The van der Waals surface area contributed by atoms with Crippen LogP contribution in [0.25, 0.3) is 0 Å². The van der Waals surface area contributed by atoms with Crippen molar-refractivity contribution in [1.82, 2.24) is 0 Å². The zero-order valence-electron chi connectivity index (χ0n) is 38.0. The van der Waals surface area contributed by atoms with Gasteiger partial charge in [0.2, 0.25) is 0 Å². The Bertz CT molecular complexity index is 904. The highest BCUT2D eigenvalue weighted by molar-refractivity contribution is 6.92. The van der Waals surface area contributed by atoms with Gasteiger partial charge in [0.05, 0.1) is 8.07 Å². The minimum atomic E-state index is -2.73. The third-order valence-corrected chi connectivity index (χ3v) is 25.4. The molecule has 0 aromatic rings. The van der Waals surface area contributed by atoms with Crippen molar-refractivity contribution in [1.29, 1.82) is 0 Å². The zero-order valence-corrected chi connectivity index (χ0v) is 46.0. The molecule has 0 aliphatic carbocycles. The molecule has 0 aromatic heterocycles. The second kappa shape index (κ2) is 30.1. The lowest BCUT2D eigenvalue weighted by molar-refractivity contribution is 0.0843. The van der Waals surface area contributed by atoms with E-state index in [-0.39, 0.29) is 0 Å². The molecule has 0 saturated heterocycles. The van der Waals surface area contributed by atoms with Crippen LogP contribution in [0.1, 0.15) is 20.8 Å². The smallest absolute Gasteiger partial charge is 0.414 e. The van der Waals surface area contributed by atoms with Crippen molar-refractivity contribution < 1.29 is 47.8 Å². The van der Waals surface area contributed by atoms with Crippen molar-refractivity contribution in [2.24, 2.45) is 0 Å². The maximum atomic E-state index is 6.31. The van der Waals surface area contributed by atoms with Gasteiger partial charge in [-0.05, 0) is 109 Å². The Morgan fingerprint density at radius 1 is 0.358 bits per heavy atom. The molecule has 0 fully saturated rings. The molecule has 0 bridgehead atoms. The summed E-state index contributed by atoms with van der Waals surface area (Å²) in [5.74, 6) is 0. The van der Waals surface area contributed by atoms with Gasteiger partial charge in [-0.15, -0.1) is 25.4 Å². The van der Waals surface area contributed by atoms with E-state index in [2.05, 4.69) is 117 Å². The summed E-state index contributed by atoms with van der Waals surface area (Å²) in [5, 5.41) is 0. The lowest BCUT2D eigenvalue weighted by Crippen LogP contribution is -2.59. The van der Waals surface area contributed by atoms with E-state index in [0.29, 0.717) is 19.8 Å². The molecule has 0 atom stereocenters. The second-order valence-corrected chi connectivity index (χ2v) is 45.6. The molecule has 53 heavy (non-hydrogen) atoms. The minimum Gasteiger partial charge on any atom is -0.414 e. The zero-order chi connectivity index (χ0) is 43.4. The lowest BCUT2D eigenvalue weighted by Gasteiger charge is -2.40. The second-order valence-electron chi connectivity index (χ2n) is 15.2. The highest BCUT2D eigenvalue weighted by Gasteiger charge is 2.47. The van der Waals surface area contributed by atoms with Crippen molar-refractivity contribution in [2.45, 2.75) is 106 Å². The predicted molar refractivity (Wildman–Crippen MR) is 246 cm³/mol. The van der Waals surface area contributed by atoms with E-state index in [1.807, 2.05) is 33.0 Å². The maximum Gasteiger partial charge on any atom is 0.528 e. The summed E-state index contributed by atoms with van der Waals surface area (Å²) in [6, 6.07) is 0. The number of hydrogen-bond acceptors (Lipinski definition) is 11. The van der Waals surface area contributed by atoms with E-state index in [1.165, 1.54) is 0 Å². The first-order valence-electron chi connectivity index (χ1n) is 17.9. The van der Waals surface area contributed by atoms with E-state index in [1.54, 1.807) is 52.6 Å². The molecule has 0 aliphatic heterocycles. The SMILES string of the molecule is C=C[Si](C)(C)C.C=C[Si](C)(OC)OC.C=C[Si](OC)(OC)OC.C=C[Si](OCC)(OCC)OCC.C=C[Si](O[Si](C)(C)C)(O[Si](C)(C)C)O[Si](C)(C)C. The van der Waals surface area contributed by atoms with Crippen LogP contribution < -0.4 is 0 Å². The molecule has 0 heterocycles. The molecule has 0 N–H and O–H groups in total. The van der Waals surface area contributed by atoms with Gasteiger partial charge in [0.15, 0.2) is 25.0 Å². The Morgan fingerprint density at radius 2 is 0.604 bits per heavy atom. The predicted octanol–water partition coefficient (Wildman–Crippen LogP) is 9.68. The molecule has 0 saturated carbocycles.